The Kier molecular flexibility index (Phi) is 6.71. The lowest BCUT2D eigenvalue weighted by Crippen LogP contribution is -2.24. The van der Waals surface area contributed by atoms with Crippen LogP contribution in [0.25, 0.3) is 11.1 Å². The van der Waals surface area contributed by atoms with Crippen molar-refractivity contribution in [3.63, 3.8) is 0 Å². The number of rotatable bonds is 4. The molecule has 35 heavy (non-hydrogen) atoms. The molecule has 0 bridgehead atoms. The lowest BCUT2D eigenvalue weighted by Gasteiger charge is -2.25. The largest absolute Gasteiger partial charge is 0.245 e. The number of benzene rings is 3. The van der Waals surface area contributed by atoms with Gasteiger partial charge >= 0.3 is 0 Å². The molecule has 0 amide bonds. The summed E-state index contributed by atoms with van der Waals surface area (Å²) in [5.74, 6) is 0.746. The molecule has 176 valence electrons. The van der Waals surface area contributed by atoms with Crippen LogP contribution in [0.1, 0.15) is 74.6 Å². The molecule has 2 aliphatic rings. The molecule has 5 rings (SSSR count). The Bertz CT molecular complexity index is 1380. The molecule has 0 unspecified atom stereocenters. The van der Waals surface area contributed by atoms with Crippen LogP contribution in [-0.2, 0) is 0 Å². The minimum Gasteiger partial charge on any atom is -0.245 e. The molecule has 0 saturated carbocycles. The van der Waals surface area contributed by atoms with E-state index >= 15 is 0 Å². The van der Waals surface area contributed by atoms with E-state index in [0.29, 0.717) is 11.8 Å². The van der Waals surface area contributed by atoms with E-state index in [1.54, 1.807) is 0 Å². The van der Waals surface area contributed by atoms with Crippen molar-refractivity contribution in [3.05, 3.63) is 111 Å². The van der Waals surface area contributed by atoms with E-state index in [2.05, 4.69) is 123 Å². The Hall–Kier alpha value is -3.04. The van der Waals surface area contributed by atoms with Gasteiger partial charge in [0.2, 0.25) is 0 Å². The maximum atomic E-state index is 5.50. The van der Waals surface area contributed by atoms with Crippen LogP contribution < -0.4 is 0 Å². The van der Waals surface area contributed by atoms with Crippen molar-refractivity contribution in [2.75, 3.05) is 0 Å². The number of nitrogens with zero attached hydrogens (tertiary/aromatic N) is 2. The predicted molar refractivity (Wildman–Crippen MR) is 154 cm³/mol. The Morgan fingerprint density at radius 1 is 0.600 bits per heavy atom. The summed E-state index contributed by atoms with van der Waals surface area (Å²) >= 11 is 3.75. The second kappa shape index (κ2) is 9.91. The third-order valence-electron chi connectivity index (χ3n) is 6.75. The molecular weight excluding hydrogens is 492 g/mol. The van der Waals surface area contributed by atoms with E-state index in [-0.39, 0.29) is 0 Å². The maximum Gasteiger partial charge on any atom is 0.0978 e. The first-order valence-electron chi connectivity index (χ1n) is 12.5. The summed E-state index contributed by atoms with van der Waals surface area (Å²) in [5, 5.41) is 0. The lowest BCUT2D eigenvalue weighted by atomic mass is 9.82. The molecule has 3 heteroatoms. The van der Waals surface area contributed by atoms with Crippen LogP contribution in [0.4, 0.5) is 5.69 Å². The highest BCUT2D eigenvalue weighted by Crippen LogP contribution is 2.40. The summed E-state index contributed by atoms with van der Waals surface area (Å²) in [4.78, 5) is 10.8. The highest BCUT2D eigenvalue weighted by Gasteiger charge is 2.28. The van der Waals surface area contributed by atoms with E-state index in [1.807, 2.05) is 0 Å². The summed E-state index contributed by atoms with van der Waals surface area (Å²) < 4.78 is 1.05. The van der Waals surface area contributed by atoms with Crippen molar-refractivity contribution in [1.29, 1.82) is 0 Å². The second-order valence-electron chi connectivity index (χ2n) is 9.83. The van der Waals surface area contributed by atoms with Gasteiger partial charge in [0.05, 0.1) is 22.8 Å². The van der Waals surface area contributed by atoms with Crippen molar-refractivity contribution >= 4 is 33.0 Å². The number of allylic oxidation sites excluding steroid dienone is 3. The summed E-state index contributed by atoms with van der Waals surface area (Å²) in [7, 11) is 0. The lowest BCUT2D eigenvalue weighted by molar-refractivity contribution is 0.835. The van der Waals surface area contributed by atoms with E-state index in [9.17, 15) is 0 Å². The van der Waals surface area contributed by atoms with Crippen molar-refractivity contribution in [3.8, 4) is 11.1 Å². The molecule has 0 heterocycles. The molecule has 3 aromatic carbocycles. The Morgan fingerprint density at radius 3 is 1.60 bits per heavy atom. The number of hydrogen-bond donors (Lipinski definition) is 0. The Morgan fingerprint density at radius 2 is 1.09 bits per heavy atom. The van der Waals surface area contributed by atoms with Gasteiger partial charge in [-0.25, -0.2) is 9.98 Å². The van der Waals surface area contributed by atoms with Crippen LogP contribution in [0.5, 0.6) is 0 Å². The van der Waals surface area contributed by atoms with Crippen LogP contribution in [0, 0.1) is 0 Å². The molecule has 0 N–H and O–H groups in total. The predicted octanol–water partition coefficient (Wildman–Crippen LogP) is 9.48. The van der Waals surface area contributed by atoms with Gasteiger partial charge in [-0.15, -0.1) is 0 Å². The molecule has 0 spiro atoms. The van der Waals surface area contributed by atoms with Gasteiger partial charge in [0.25, 0.3) is 0 Å². The van der Waals surface area contributed by atoms with Crippen molar-refractivity contribution in [1.82, 2.24) is 0 Å². The molecule has 0 radical (unpaired) electrons. The molecule has 2 nitrogen and oxygen atoms in total. The molecular formula is C32H31BrN2. The van der Waals surface area contributed by atoms with Gasteiger partial charge in [-0.2, -0.15) is 0 Å². The highest BCUT2D eigenvalue weighted by atomic mass is 79.9. The number of halogens is 1. The number of hydrogen-bond acceptors (Lipinski definition) is 2. The maximum absolute atomic E-state index is 5.50. The third-order valence-corrected chi connectivity index (χ3v) is 7.48. The van der Waals surface area contributed by atoms with Crippen LogP contribution in [-0.4, -0.2) is 11.4 Å². The zero-order valence-corrected chi connectivity index (χ0v) is 22.4. The Balaban J connectivity index is 1.85. The first-order valence-corrected chi connectivity index (χ1v) is 13.3. The zero-order valence-electron chi connectivity index (χ0n) is 20.8. The van der Waals surface area contributed by atoms with Crippen LogP contribution in [0.3, 0.4) is 0 Å². The molecule has 3 aromatic rings. The minimum atomic E-state index is 0.373. The third kappa shape index (κ3) is 4.50. The monoisotopic (exact) mass is 522 g/mol. The smallest absolute Gasteiger partial charge is 0.0978 e. The van der Waals surface area contributed by atoms with Crippen LogP contribution in [0.15, 0.2) is 99.0 Å². The molecule has 0 fully saturated rings. The topological polar surface area (TPSA) is 24.7 Å². The van der Waals surface area contributed by atoms with E-state index in [1.165, 1.54) is 22.3 Å². The summed E-state index contributed by atoms with van der Waals surface area (Å²) in [6.45, 7) is 8.99. The van der Waals surface area contributed by atoms with E-state index in [0.717, 1.165) is 51.3 Å². The average molecular weight is 524 g/mol. The molecule has 2 aliphatic carbocycles. The van der Waals surface area contributed by atoms with Crippen molar-refractivity contribution in [2.45, 2.75) is 52.4 Å². The first-order chi connectivity index (χ1) is 17.0. The fourth-order valence-corrected chi connectivity index (χ4v) is 5.41. The van der Waals surface area contributed by atoms with Crippen LogP contribution >= 0.6 is 15.9 Å². The van der Waals surface area contributed by atoms with Crippen LogP contribution in [0.2, 0.25) is 0 Å². The summed E-state index contributed by atoms with van der Waals surface area (Å²) in [5.41, 5.74) is 11.2. The number of para-hydroxylation sites is 1. The van der Waals surface area contributed by atoms with Gasteiger partial charge in [-0.1, -0.05) is 107 Å². The first kappa shape index (κ1) is 23.7. The molecule has 0 saturated heterocycles. The number of fused-ring (bicyclic) bond motifs is 3. The second-order valence-corrected chi connectivity index (χ2v) is 10.7. The summed E-state index contributed by atoms with van der Waals surface area (Å²) in [6.07, 6.45) is 6.47. The van der Waals surface area contributed by atoms with Gasteiger partial charge in [0, 0.05) is 15.6 Å². The van der Waals surface area contributed by atoms with Crippen molar-refractivity contribution < 1.29 is 0 Å². The fraction of sp³-hybridized carbons (Fsp3) is 0.250. The quantitative estimate of drug-likeness (QED) is 0.325. The van der Waals surface area contributed by atoms with Gasteiger partial charge < -0.3 is 0 Å². The zero-order chi connectivity index (χ0) is 24.5. The summed E-state index contributed by atoms with van der Waals surface area (Å²) in [6, 6.07) is 23.8. The molecule has 0 atom stereocenters. The van der Waals surface area contributed by atoms with Gasteiger partial charge in [-0.3, -0.25) is 0 Å². The van der Waals surface area contributed by atoms with Gasteiger partial charge in [0.15, 0.2) is 0 Å². The fourth-order valence-electron chi connectivity index (χ4n) is 4.93. The average Bonchev–Trinajstić information content (AvgIpc) is 2.87. The minimum absolute atomic E-state index is 0.373. The van der Waals surface area contributed by atoms with Gasteiger partial charge in [0.1, 0.15) is 0 Å². The normalized spacial score (nSPS) is 17.5. The standard InChI is InChI=1S/C32H31BrN2/c1-20(2)22-16-11-17-23(21(3)4)30(22)35-32-27-15-8-6-13-25(27)24-12-5-7-14-26(24)31(32)34-29-19-10-9-18-28(29)33/h5-8,11-21H,9-10H2,1-4H3/b34-31+,35-32+. The van der Waals surface area contributed by atoms with Crippen molar-refractivity contribution in [2.24, 2.45) is 9.98 Å². The SMILES string of the molecule is CC(C)c1cccc(C(C)C)c1/N=C1/C(=N/C2=CCCC=C2Br)c2ccccc2-c2ccccc21. The van der Waals surface area contributed by atoms with Gasteiger partial charge in [-0.05, 0) is 62.9 Å². The number of aliphatic imine (C=N–C) groups is 2. The molecule has 0 aromatic heterocycles. The van der Waals surface area contributed by atoms with E-state index < -0.39 is 0 Å². The molecule has 0 aliphatic heterocycles. The Labute approximate surface area is 217 Å². The highest BCUT2D eigenvalue weighted by molar-refractivity contribution is 9.12. The van der Waals surface area contributed by atoms with E-state index in [4.69, 9.17) is 9.98 Å².